The first kappa shape index (κ1) is 19.0. The van der Waals surface area contributed by atoms with Crippen LogP contribution in [0.4, 0.5) is 0 Å². The molecule has 2 aromatic heterocycles. The Balaban J connectivity index is 1.87. The van der Waals surface area contributed by atoms with Crippen LogP contribution >= 0.6 is 15.9 Å². The third-order valence-corrected chi connectivity index (χ3v) is 6.22. The van der Waals surface area contributed by atoms with Crippen LogP contribution in [-0.2, 0) is 11.5 Å². The molecule has 6 heteroatoms. The van der Waals surface area contributed by atoms with Crippen molar-refractivity contribution in [2.45, 2.75) is 32.4 Å². The molecule has 136 valence electrons. The number of benzene rings is 1. The van der Waals surface area contributed by atoms with E-state index in [1.807, 2.05) is 41.1 Å². The van der Waals surface area contributed by atoms with Crippen molar-refractivity contribution in [1.29, 1.82) is 0 Å². The van der Waals surface area contributed by atoms with E-state index in [1.54, 1.807) is 6.20 Å². The van der Waals surface area contributed by atoms with Crippen molar-refractivity contribution in [3.05, 3.63) is 59.3 Å². The molecule has 0 atom stereocenters. The Morgan fingerprint density at radius 3 is 2.54 bits per heavy atom. The molecule has 26 heavy (non-hydrogen) atoms. The highest BCUT2D eigenvalue weighted by atomic mass is 79.9. The molecule has 0 aliphatic carbocycles. The Morgan fingerprint density at radius 2 is 1.85 bits per heavy atom. The monoisotopic (exact) mass is 429 g/mol. The number of hydrogen-bond acceptors (Lipinski definition) is 3. The molecule has 4 nitrogen and oxygen atoms in total. The van der Waals surface area contributed by atoms with Gasteiger partial charge in [-0.3, -0.25) is 4.98 Å². The van der Waals surface area contributed by atoms with E-state index in [9.17, 15) is 0 Å². The summed E-state index contributed by atoms with van der Waals surface area (Å²) in [6.45, 7) is 8.33. The predicted molar refractivity (Wildman–Crippen MR) is 113 cm³/mol. The molecule has 2 heterocycles. The van der Waals surface area contributed by atoms with Crippen LogP contribution in [0.15, 0.2) is 59.3 Å². The Morgan fingerprint density at radius 1 is 1.08 bits per heavy atom. The first-order valence-electron chi connectivity index (χ1n) is 8.75. The Kier molecular flexibility index (Phi) is 6.06. The van der Waals surface area contributed by atoms with Gasteiger partial charge in [-0.2, -0.15) is 0 Å². The average Bonchev–Trinajstić information content (AvgIpc) is 3.03. The summed E-state index contributed by atoms with van der Waals surface area (Å²) in [4.78, 5) is 9.31. The lowest BCUT2D eigenvalue weighted by Gasteiger charge is -2.16. The van der Waals surface area contributed by atoms with Crippen molar-refractivity contribution >= 4 is 24.0 Å². The van der Waals surface area contributed by atoms with Gasteiger partial charge in [-0.15, -0.1) is 0 Å². The van der Waals surface area contributed by atoms with Crippen molar-refractivity contribution in [2.75, 3.05) is 6.61 Å². The van der Waals surface area contributed by atoms with Crippen LogP contribution < -0.4 is 0 Å². The highest BCUT2D eigenvalue weighted by molar-refractivity contribution is 9.10. The second-order valence-corrected chi connectivity index (χ2v) is 14.0. The molecular weight excluding hydrogens is 406 g/mol. The lowest BCUT2D eigenvalue weighted by Crippen LogP contribution is -2.22. The normalized spacial score (nSPS) is 11.7. The first-order chi connectivity index (χ1) is 12.4. The SMILES string of the molecule is C[Si](C)(C)CCOCn1cc(-c2ccccc2)nc1-c1cc(Br)ccn1. The van der Waals surface area contributed by atoms with Gasteiger partial charge in [0.2, 0.25) is 0 Å². The summed E-state index contributed by atoms with van der Waals surface area (Å²) in [7, 11) is -1.10. The molecule has 0 saturated carbocycles. The van der Waals surface area contributed by atoms with Gasteiger partial charge >= 0.3 is 0 Å². The largest absolute Gasteiger partial charge is 0.361 e. The summed E-state index contributed by atoms with van der Waals surface area (Å²) in [5, 5.41) is 0. The van der Waals surface area contributed by atoms with Crippen molar-refractivity contribution in [1.82, 2.24) is 14.5 Å². The Hall–Kier alpha value is -1.76. The summed E-state index contributed by atoms with van der Waals surface area (Å²) >= 11 is 3.52. The second kappa shape index (κ2) is 8.29. The van der Waals surface area contributed by atoms with E-state index >= 15 is 0 Å². The molecular formula is C20H24BrN3OSi. The van der Waals surface area contributed by atoms with E-state index in [4.69, 9.17) is 9.72 Å². The first-order valence-corrected chi connectivity index (χ1v) is 13.2. The van der Waals surface area contributed by atoms with Gasteiger partial charge in [0.25, 0.3) is 0 Å². The van der Waals surface area contributed by atoms with Crippen molar-refractivity contribution in [2.24, 2.45) is 0 Å². The smallest absolute Gasteiger partial charge is 0.161 e. The lowest BCUT2D eigenvalue weighted by molar-refractivity contribution is 0.0882. The zero-order chi connectivity index (χ0) is 18.6. The highest BCUT2D eigenvalue weighted by Crippen LogP contribution is 2.25. The molecule has 0 radical (unpaired) electrons. The quantitative estimate of drug-likeness (QED) is 0.357. The third kappa shape index (κ3) is 5.12. The zero-order valence-electron chi connectivity index (χ0n) is 15.4. The molecule has 0 spiro atoms. The van der Waals surface area contributed by atoms with Gasteiger partial charge in [-0.1, -0.05) is 65.9 Å². The minimum absolute atomic E-state index is 0.480. The van der Waals surface area contributed by atoms with E-state index in [0.717, 1.165) is 39.9 Å². The fraction of sp³-hybridized carbons (Fsp3) is 0.300. The molecule has 0 N–H and O–H groups in total. The van der Waals surface area contributed by atoms with E-state index in [0.29, 0.717) is 6.73 Å². The predicted octanol–water partition coefficient (Wildman–Crippen LogP) is 5.69. The molecule has 3 rings (SSSR count). The molecule has 0 bridgehead atoms. The maximum absolute atomic E-state index is 5.96. The molecule has 1 aromatic carbocycles. The number of hydrogen-bond donors (Lipinski definition) is 0. The van der Waals surface area contributed by atoms with E-state index in [1.165, 1.54) is 0 Å². The van der Waals surface area contributed by atoms with Crippen LogP contribution in [0.25, 0.3) is 22.8 Å². The van der Waals surface area contributed by atoms with Gasteiger partial charge in [-0.05, 0) is 18.2 Å². The van der Waals surface area contributed by atoms with Crippen LogP contribution in [0.2, 0.25) is 25.7 Å². The number of aromatic nitrogens is 3. The van der Waals surface area contributed by atoms with Crippen LogP contribution in [0.1, 0.15) is 0 Å². The van der Waals surface area contributed by atoms with Gasteiger partial charge < -0.3 is 9.30 Å². The zero-order valence-corrected chi connectivity index (χ0v) is 18.0. The van der Waals surface area contributed by atoms with E-state index in [-0.39, 0.29) is 0 Å². The van der Waals surface area contributed by atoms with Crippen LogP contribution in [0.5, 0.6) is 0 Å². The number of pyridine rings is 1. The van der Waals surface area contributed by atoms with Crippen LogP contribution in [0.3, 0.4) is 0 Å². The molecule has 0 aliphatic heterocycles. The van der Waals surface area contributed by atoms with Gasteiger partial charge in [0.1, 0.15) is 12.4 Å². The fourth-order valence-electron chi connectivity index (χ4n) is 2.54. The molecule has 0 fully saturated rings. The van der Waals surface area contributed by atoms with Crippen LogP contribution in [-0.4, -0.2) is 29.2 Å². The van der Waals surface area contributed by atoms with Gasteiger partial charge in [0.05, 0.1) is 5.69 Å². The summed E-state index contributed by atoms with van der Waals surface area (Å²) in [6.07, 6.45) is 3.83. The third-order valence-electron chi connectivity index (χ3n) is 4.02. The minimum Gasteiger partial charge on any atom is -0.361 e. The summed E-state index contributed by atoms with van der Waals surface area (Å²) in [6, 6.07) is 15.2. The molecule has 0 amide bonds. The van der Waals surface area contributed by atoms with Gasteiger partial charge in [0, 0.05) is 37.1 Å². The fourth-order valence-corrected chi connectivity index (χ4v) is 3.63. The summed E-state index contributed by atoms with van der Waals surface area (Å²) in [5.41, 5.74) is 2.84. The van der Waals surface area contributed by atoms with E-state index < -0.39 is 8.07 Å². The van der Waals surface area contributed by atoms with Gasteiger partial charge in [0.15, 0.2) is 5.82 Å². The van der Waals surface area contributed by atoms with Crippen molar-refractivity contribution in [3.8, 4) is 22.8 Å². The number of ether oxygens (including phenoxy) is 1. The van der Waals surface area contributed by atoms with Crippen molar-refractivity contribution < 1.29 is 4.74 Å². The van der Waals surface area contributed by atoms with Gasteiger partial charge in [-0.25, -0.2) is 4.98 Å². The maximum Gasteiger partial charge on any atom is 0.161 e. The molecule has 3 aromatic rings. The number of nitrogens with zero attached hydrogens (tertiary/aromatic N) is 3. The second-order valence-electron chi connectivity index (χ2n) is 7.49. The van der Waals surface area contributed by atoms with Crippen molar-refractivity contribution in [3.63, 3.8) is 0 Å². The lowest BCUT2D eigenvalue weighted by atomic mass is 10.2. The average molecular weight is 430 g/mol. The number of imidazole rings is 1. The summed E-state index contributed by atoms with van der Waals surface area (Å²) < 4.78 is 8.98. The highest BCUT2D eigenvalue weighted by Gasteiger charge is 2.15. The molecule has 0 aliphatic rings. The Bertz CT molecular complexity index is 859. The molecule has 0 saturated heterocycles. The summed E-state index contributed by atoms with van der Waals surface area (Å²) in [5.74, 6) is 0.818. The van der Waals surface area contributed by atoms with E-state index in [2.05, 4.69) is 52.7 Å². The Labute approximate surface area is 164 Å². The number of rotatable bonds is 7. The maximum atomic E-state index is 5.96. The number of halogens is 1. The minimum atomic E-state index is -1.10. The standard InChI is InChI=1S/C20H24BrN3OSi/c1-26(2,3)12-11-25-15-24-14-19(16-7-5-4-6-8-16)23-20(24)18-13-17(21)9-10-22-18/h4-10,13-14H,11-12,15H2,1-3H3. The molecule has 0 unspecified atom stereocenters. The topological polar surface area (TPSA) is 39.9 Å². The van der Waals surface area contributed by atoms with Crippen LogP contribution in [0, 0.1) is 0 Å².